The van der Waals surface area contributed by atoms with Crippen LogP contribution in [0.5, 0.6) is 0 Å². The van der Waals surface area contributed by atoms with Crippen molar-refractivity contribution in [3.63, 3.8) is 0 Å². The molecule has 18 heteroatoms. The first-order valence-corrected chi connectivity index (χ1v) is 17.3. The summed E-state index contributed by atoms with van der Waals surface area (Å²) in [5, 5.41) is 11.0. The van der Waals surface area contributed by atoms with Crippen molar-refractivity contribution in [1.82, 2.24) is 19.1 Å². The molecule has 0 amide bonds. The van der Waals surface area contributed by atoms with Crippen molar-refractivity contribution in [2.24, 2.45) is 23.3 Å². The first kappa shape index (κ1) is 36.1. The second-order valence-electron chi connectivity index (χ2n) is 11.9. The minimum atomic E-state index is -3.90. The van der Waals surface area contributed by atoms with Crippen LogP contribution in [0, 0.1) is 11.8 Å². The SMILES string of the molecule is COC[C@H]1O[C@@H](c2cn(CCCN)c(=O)[nH]c2=O)[C@@H](OP(C)(=O)OC[C@H]2O[C@@H](c3cn(CCCN)c(=O)[nH]c3=O)[C@@H](C)C2O)C1C. The topological polar surface area (TPSA) is 245 Å². The average Bonchev–Trinajstić information content (AvgIpc) is 3.45. The molecule has 3 unspecified atom stereocenters. The highest BCUT2D eigenvalue weighted by atomic mass is 31.2. The number of nitrogens with two attached hydrogens (primary N) is 2. The number of ether oxygens (including phenoxy) is 3. The van der Waals surface area contributed by atoms with Crippen molar-refractivity contribution in [2.45, 2.75) is 76.4 Å². The van der Waals surface area contributed by atoms with E-state index < -0.39 is 78.6 Å². The summed E-state index contributed by atoms with van der Waals surface area (Å²) in [5.41, 5.74) is 8.93. The van der Waals surface area contributed by atoms with Crippen LogP contribution in [0.1, 0.15) is 50.0 Å². The van der Waals surface area contributed by atoms with Gasteiger partial charge in [-0.3, -0.25) is 24.1 Å². The Kier molecular flexibility index (Phi) is 12.1. The van der Waals surface area contributed by atoms with Crippen molar-refractivity contribution < 1.29 is 32.9 Å². The summed E-state index contributed by atoms with van der Waals surface area (Å²) in [6, 6.07) is 0. The Morgan fingerprint density at radius 1 is 0.870 bits per heavy atom. The van der Waals surface area contributed by atoms with Gasteiger partial charge >= 0.3 is 19.0 Å². The fourth-order valence-electron chi connectivity index (χ4n) is 5.81. The summed E-state index contributed by atoms with van der Waals surface area (Å²) in [7, 11) is -2.40. The molecule has 2 aliphatic rings. The second kappa shape index (κ2) is 15.4. The molecule has 9 atom stereocenters. The van der Waals surface area contributed by atoms with E-state index in [1.54, 1.807) is 13.8 Å². The number of nitrogens with one attached hydrogen (secondary N) is 2. The van der Waals surface area contributed by atoms with E-state index in [-0.39, 0.29) is 30.9 Å². The van der Waals surface area contributed by atoms with Gasteiger partial charge < -0.3 is 49.0 Å². The quantitative estimate of drug-likeness (QED) is 0.145. The second-order valence-corrected chi connectivity index (χ2v) is 13.9. The van der Waals surface area contributed by atoms with Gasteiger partial charge in [-0.1, -0.05) is 13.8 Å². The number of hydrogen-bond donors (Lipinski definition) is 5. The number of hydrogen-bond acceptors (Lipinski definition) is 13. The summed E-state index contributed by atoms with van der Waals surface area (Å²) < 4.78 is 45.5. The van der Waals surface area contributed by atoms with Gasteiger partial charge in [0.2, 0.25) is 0 Å². The Morgan fingerprint density at radius 2 is 1.39 bits per heavy atom. The molecule has 4 heterocycles. The van der Waals surface area contributed by atoms with Crippen LogP contribution in [-0.2, 0) is 40.9 Å². The maximum atomic E-state index is 13.7. The molecule has 2 aliphatic heterocycles. The summed E-state index contributed by atoms with van der Waals surface area (Å²) in [6.07, 6.45) is -1.63. The lowest BCUT2D eigenvalue weighted by Crippen LogP contribution is -2.35. The average molecular weight is 673 g/mol. The molecule has 2 aromatic rings. The summed E-state index contributed by atoms with van der Waals surface area (Å²) in [5.74, 6) is -0.985. The summed E-state index contributed by atoms with van der Waals surface area (Å²) in [4.78, 5) is 54.7. The fourth-order valence-corrected chi connectivity index (χ4v) is 7.04. The molecular formula is C28H45N6O11P. The molecule has 2 aromatic heterocycles. The van der Waals surface area contributed by atoms with E-state index in [9.17, 15) is 28.8 Å². The molecule has 2 fully saturated rings. The van der Waals surface area contributed by atoms with Crippen molar-refractivity contribution in [3.8, 4) is 0 Å². The standard InChI is InChI=1S/C28H45N6O11P/c1-15-19(13-41-3)43-24(18-12-34(10-6-8-30)28(39)32-26(18)37)23(15)45-46(4,40)42-14-20-21(35)16(2)22(44-20)17-11-33(9-5-7-29)27(38)31-25(17)36/h11-12,15-16,19-24,35H,5-10,13-14,29-30H2,1-4H3,(H,31,36,38)(H,32,37,39)/t15?,16-,19+,20+,21?,22+,23-,24-,46?/m0/s1. The fraction of sp³-hybridized carbons (Fsp3) is 0.714. The number of aliphatic hydroxyl groups is 1. The summed E-state index contributed by atoms with van der Waals surface area (Å²) >= 11 is 0. The predicted molar refractivity (Wildman–Crippen MR) is 166 cm³/mol. The van der Waals surface area contributed by atoms with E-state index in [0.717, 1.165) is 0 Å². The lowest BCUT2D eigenvalue weighted by atomic mass is 9.95. The molecule has 0 spiro atoms. The minimum absolute atomic E-state index is 0.108. The van der Waals surface area contributed by atoms with Crippen LogP contribution in [0.15, 0.2) is 31.6 Å². The maximum absolute atomic E-state index is 13.7. The molecule has 0 aromatic carbocycles. The monoisotopic (exact) mass is 672 g/mol. The van der Waals surface area contributed by atoms with Gasteiger partial charge in [0.25, 0.3) is 11.1 Å². The number of methoxy groups -OCH3 is 1. The van der Waals surface area contributed by atoms with Gasteiger partial charge in [0.05, 0.1) is 42.7 Å². The van der Waals surface area contributed by atoms with E-state index in [1.807, 2.05) is 0 Å². The Bertz CT molecular complexity index is 1620. The largest absolute Gasteiger partial charge is 0.390 e. The van der Waals surface area contributed by atoms with Crippen LogP contribution in [0.3, 0.4) is 0 Å². The van der Waals surface area contributed by atoms with Crippen LogP contribution in [-0.4, -0.2) is 88.7 Å². The first-order valence-electron chi connectivity index (χ1n) is 15.3. The zero-order chi connectivity index (χ0) is 33.8. The molecule has 0 saturated carbocycles. The third-order valence-corrected chi connectivity index (χ3v) is 9.70. The summed E-state index contributed by atoms with van der Waals surface area (Å²) in [6.45, 7) is 5.82. The molecule has 0 aliphatic carbocycles. The molecule has 17 nitrogen and oxygen atoms in total. The highest BCUT2D eigenvalue weighted by Crippen LogP contribution is 2.52. The molecule has 2 saturated heterocycles. The predicted octanol–water partition coefficient (Wildman–Crippen LogP) is -0.832. The number of nitrogens with zero attached hydrogens (tertiary/aromatic N) is 2. The molecule has 258 valence electrons. The number of aromatic amines is 2. The highest BCUT2D eigenvalue weighted by Gasteiger charge is 2.48. The lowest BCUT2D eigenvalue weighted by molar-refractivity contribution is -0.0292. The van der Waals surface area contributed by atoms with Gasteiger partial charge in [-0.15, -0.1) is 0 Å². The molecule has 46 heavy (non-hydrogen) atoms. The Morgan fingerprint density at radius 3 is 1.91 bits per heavy atom. The first-order chi connectivity index (χ1) is 21.8. The van der Waals surface area contributed by atoms with E-state index in [0.29, 0.717) is 32.5 Å². The van der Waals surface area contributed by atoms with E-state index in [1.165, 1.54) is 35.3 Å². The van der Waals surface area contributed by atoms with Crippen molar-refractivity contribution in [2.75, 3.05) is 40.1 Å². The van der Waals surface area contributed by atoms with Crippen LogP contribution < -0.4 is 34.0 Å². The van der Waals surface area contributed by atoms with Crippen LogP contribution in [0.25, 0.3) is 0 Å². The van der Waals surface area contributed by atoms with Gasteiger partial charge in [0, 0.05) is 51.1 Å². The van der Waals surface area contributed by atoms with Gasteiger partial charge in [-0.05, 0) is 25.9 Å². The smallest absolute Gasteiger partial charge is 0.328 e. The lowest BCUT2D eigenvalue weighted by Gasteiger charge is -2.26. The van der Waals surface area contributed by atoms with Crippen molar-refractivity contribution in [3.05, 3.63) is 65.2 Å². The zero-order valence-corrected chi connectivity index (χ0v) is 27.4. The highest BCUT2D eigenvalue weighted by molar-refractivity contribution is 7.53. The maximum Gasteiger partial charge on any atom is 0.328 e. The van der Waals surface area contributed by atoms with Gasteiger partial charge in [-0.2, -0.15) is 0 Å². The Balaban J connectivity index is 1.51. The molecule has 0 radical (unpaired) electrons. The number of aromatic nitrogens is 4. The van der Waals surface area contributed by atoms with Gasteiger partial charge in [0.1, 0.15) is 18.3 Å². The molecular weight excluding hydrogens is 627 g/mol. The number of H-pyrrole nitrogens is 2. The van der Waals surface area contributed by atoms with Crippen molar-refractivity contribution >= 4 is 7.60 Å². The van der Waals surface area contributed by atoms with E-state index >= 15 is 0 Å². The number of rotatable bonds is 15. The van der Waals surface area contributed by atoms with Crippen molar-refractivity contribution in [1.29, 1.82) is 0 Å². The van der Waals surface area contributed by atoms with E-state index in [2.05, 4.69) is 9.97 Å². The number of aliphatic hydroxyl groups excluding tert-OH is 1. The third-order valence-electron chi connectivity index (χ3n) is 8.46. The number of aryl methyl sites for hydroxylation is 2. The minimum Gasteiger partial charge on any atom is -0.390 e. The van der Waals surface area contributed by atoms with Gasteiger partial charge in [-0.25, -0.2) is 9.59 Å². The van der Waals surface area contributed by atoms with Crippen LogP contribution in [0.4, 0.5) is 0 Å². The molecule has 0 bridgehead atoms. The molecule has 4 rings (SSSR count). The third kappa shape index (κ3) is 8.03. The van der Waals surface area contributed by atoms with E-state index in [4.69, 9.17) is 34.7 Å². The van der Waals surface area contributed by atoms with Gasteiger partial charge in [0.15, 0.2) is 0 Å². The Labute approximate surface area is 264 Å². The van der Waals surface area contributed by atoms with Crippen LogP contribution >= 0.6 is 7.60 Å². The Hall–Kier alpha value is -2.73. The zero-order valence-electron chi connectivity index (χ0n) is 26.5. The van der Waals surface area contributed by atoms with Crippen LogP contribution in [0.2, 0.25) is 0 Å². The normalized spacial score (nSPS) is 29.3. The molecule has 7 N–H and O–H groups in total.